The molecule has 1 fully saturated rings. The third-order valence-electron chi connectivity index (χ3n) is 2.41. The summed E-state index contributed by atoms with van der Waals surface area (Å²) in [6.45, 7) is 2.23. The quantitative estimate of drug-likeness (QED) is 0.296. The Morgan fingerprint density at radius 1 is 1.05 bits per heavy atom. The Hall–Kier alpha value is 1.31. The third-order valence-corrected chi connectivity index (χ3v) is 4.66. The van der Waals surface area contributed by atoms with Crippen LogP contribution in [0.15, 0.2) is 0 Å². The molecule has 0 aliphatic heterocycles. The molecule has 1 rings (SSSR count). The zero-order valence-corrected chi connectivity index (χ0v) is 16.9. The molecular weight excluding hydrogens is 312 g/mol. The molecule has 1 aliphatic rings. The predicted octanol–water partition coefficient (Wildman–Crippen LogP) is 5.11. The number of hydrogen-bond donors (Lipinski definition) is 0. The van der Waals surface area contributed by atoms with Gasteiger partial charge in [0, 0.05) is 5.38 Å². The summed E-state index contributed by atoms with van der Waals surface area (Å²) in [5, 5.41) is 11.7. The van der Waals surface area contributed by atoms with Gasteiger partial charge in [0.25, 0.3) is 0 Å². The van der Waals surface area contributed by atoms with Crippen molar-refractivity contribution < 1.29 is 21.7 Å². The van der Waals surface area contributed by atoms with Crippen molar-refractivity contribution in [2.75, 3.05) is 48.1 Å². The summed E-state index contributed by atoms with van der Waals surface area (Å²) in [6, 6.07) is 0. The van der Waals surface area contributed by atoms with Crippen molar-refractivity contribution in [1.29, 1.82) is 0 Å². The first kappa shape index (κ1) is 28.5. The molecule has 114 valence electrons. The van der Waals surface area contributed by atoms with E-state index in [-0.39, 0.29) is 37.2 Å². The Morgan fingerprint density at radius 3 is 1.74 bits per heavy atom. The van der Waals surface area contributed by atoms with Crippen LogP contribution < -0.4 is 0 Å². The van der Waals surface area contributed by atoms with Gasteiger partial charge in [0.1, 0.15) is 0 Å². The van der Waals surface area contributed by atoms with Crippen LogP contribution in [0.3, 0.4) is 0 Å². The van der Waals surface area contributed by atoms with Crippen molar-refractivity contribution in [2.45, 2.75) is 24.6 Å². The number of hydrogen-bond acceptors (Lipinski definition) is 0. The topological polar surface area (TPSA) is 42.3 Å². The first-order valence-corrected chi connectivity index (χ1v) is 8.34. The van der Waals surface area contributed by atoms with Gasteiger partial charge < -0.3 is 23.1 Å². The van der Waals surface area contributed by atoms with Crippen molar-refractivity contribution in [3.05, 3.63) is 23.1 Å². The van der Waals surface area contributed by atoms with Gasteiger partial charge in [-0.3, -0.25) is 0 Å². The molecule has 0 spiro atoms. The molecule has 1 saturated carbocycles. The SMILES string of the molecule is C[N-]C.C[N-]C.C[N-]P(C)CC1CCCC1Cl.[CH3-].[Ti+4]. The Balaban J connectivity index is -0.000000122. The van der Waals surface area contributed by atoms with E-state index < -0.39 is 0 Å². The van der Waals surface area contributed by atoms with Crippen molar-refractivity contribution in [3.8, 4) is 0 Å². The van der Waals surface area contributed by atoms with E-state index in [1.165, 1.54) is 25.4 Å². The van der Waals surface area contributed by atoms with Crippen LogP contribution in [0.1, 0.15) is 19.3 Å². The van der Waals surface area contributed by atoms with Crippen molar-refractivity contribution in [2.24, 2.45) is 5.92 Å². The molecule has 0 amide bonds. The van der Waals surface area contributed by atoms with Gasteiger partial charge in [-0.15, -0.1) is 11.6 Å². The van der Waals surface area contributed by atoms with Gasteiger partial charge in [-0.2, -0.15) is 35.2 Å². The molecule has 0 heterocycles. The molecule has 3 atom stereocenters. The molecule has 0 radical (unpaired) electrons. The molecule has 19 heavy (non-hydrogen) atoms. The van der Waals surface area contributed by atoms with Crippen molar-refractivity contribution >= 4 is 19.7 Å². The fraction of sp³-hybridized carbons (Fsp3) is 0.923. The summed E-state index contributed by atoms with van der Waals surface area (Å²) >= 11 is 6.15. The maximum absolute atomic E-state index is 6.15. The Labute approximate surface area is 143 Å². The van der Waals surface area contributed by atoms with Gasteiger partial charge >= 0.3 is 21.7 Å². The van der Waals surface area contributed by atoms with Gasteiger partial charge in [0.05, 0.1) is 0 Å². The Kier molecular flexibility index (Phi) is 32.4. The van der Waals surface area contributed by atoms with Crippen LogP contribution in [-0.2, 0) is 21.7 Å². The number of rotatable bonds is 3. The summed E-state index contributed by atoms with van der Waals surface area (Å²) in [7, 11) is 8.85. The number of halogens is 1. The second-order valence-electron chi connectivity index (χ2n) is 4.14. The van der Waals surface area contributed by atoms with Gasteiger partial charge in [0.2, 0.25) is 0 Å². The summed E-state index contributed by atoms with van der Waals surface area (Å²) in [6.07, 6.45) is 5.13. The van der Waals surface area contributed by atoms with Crippen molar-refractivity contribution in [1.82, 2.24) is 0 Å². The van der Waals surface area contributed by atoms with Crippen LogP contribution >= 0.6 is 19.7 Å². The zero-order chi connectivity index (χ0) is 13.7. The standard InChI is InChI=1S/C8H16ClNP.2C2H6N.CH3.Ti/c1-10-11(2)6-7-4-3-5-8(7)9;2*1-3-2;;/h7-8H,3-6H2,1-2H3;2*1-2H3;1H3;/q4*-1;+4. The molecule has 0 N–H and O–H groups in total. The second-order valence-corrected chi connectivity index (χ2v) is 6.78. The summed E-state index contributed by atoms with van der Waals surface area (Å²) < 4.78 is 0. The average molecular weight is 344 g/mol. The zero-order valence-electron chi connectivity index (χ0n) is 13.6. The summed E-state index contributed by atoms with van der Waals surface area (Å²) in [5.41, 5.74) is 0. The minimum atomic E-state index is -0.0754. The Morgan fingerprint density at radius 2 is 1.47 bits per heavy atom. The van der Waals surface area contributed by atoms with Crippen LogP contribution in [0.2, 0.25) is 0 Å². The van der Waals surface area contributed by atoms with E-state index in [0.29, 0.717) is 5.38 Å². The molecule has 6 heteroatoms. The average Bonchev–Trinajstić information content (AvgIpc) is 2.66. The van der Waals surface area contributed by atoms with Crippen LogP contribution in [0, 0.1) is 13.3 Å². The monoisotopic (exact) mass is 343 g/mol. The van der Waals surface area contributed by atoms with E-state index in [2.05, 4.69) is 22.4 Å². The molecule has 0 aromatic carbocycles. The first-order valence-electron chi connectivity index (χ1n) is 5.98. The van der Waals surface area contributed by atoms with E-state index in [0.717, 1.165) is 5.92 Å². The third kappa shape index (κ3) is 19.3. The predicted molar refractivity (Wildman–Crippen MR) is 90.8 cm³/mol. The minimum absolute atomic E-state index is 0. The molecule has 0 aromatic heterocycles. The molecule has 0 saturated heterocycles. The number of alkyl halides is 1. The van der Waals surface area contributed by atoms with Gasteiger partial charge in [-0.25, -0.2) is 8.07 Å². The van der Waals surface area contributed by atoms with Crippen LogP contribution in [0.5, 0.6) is 0 Å². The smallest absolute Gasteiger partial charge is 0.668 e. The molecule has 3 nitrogen and oxygen atoms in total. The maximum atomic E-state index is 6.15. The fourth-order valence-electron chi connectivity index (χ4n) is 1.62. The molecular formula is C13H31ClN3PTi. The van der Waals surface area contributed by atoms with Gasteiger partial charge in [-0.1, -0.05) is 13.1 Å². The number of nitrogens with zero attached hydrogens (tertiary/aromatic N) is 3. The molecule has 3 unspecified atom stereocenters. The Bertz CT molecular complexity index is 154. The largest absolute Gasteiger partial charge is 4.00 e. The van der Waals surface area contributed by atoms with E-state index in [1.807, 2.05) is 7.05 Å². The van der Waals surface area contributed by atoms with Crippen LogP contribution in [0.4, 0.5) is 0 Å². The summed E-state index contributed by atoms with van der Waals surface area (Å²) in [5.74, 6) is 0.761. The van der Waals surface area contributed by atoms with Crippen LogP contribution in [-0.4, -0.2) is 53.4 Å². The second kappa shape index (κ2) is 21.6. The van der Waals surface area contributed by atoms with Crippen LogP contribution in [0.25, 0.3) is 15.7 Å². The van der Waals surface area contributed by atoms with Gasteiger partial charge in [-0.05, 0) is 24.9 Å². The molecule has 0 bridgehead atoms. The first-order chi connectivity index (χ1) is 8.06. The van der Waals surface area contributed by atoms with Gasteiger partial charge in [0.15, 0.2) is 0 Å². The maximum Gasteiger partial charge on any atom is 4.00 e. The van der Waals surface area contributed by atoms with E-state index in [1.54, 1.807) is 28.2 Å². The normalized spacial score (nSPS) is 21.6. The van der Waals surface area contributed by atoms with Crippen molar-refractivity contribution in [3.63, 3.8) is 0 Å². The fourth-order valence-corrected chi connectivity index (χ4v) is 3.39. The minimum Gasteiger partial charge on any atom is -0.668 e. The summed E-state index contributed by atoms with van der Waals surface area (Å²) in [4.78, 5) is 0. The van der Waals surface area contributed by atoms with E-state index in [9.17, 15) is 0 Å². The molecule has 0 aromatic rings. The van der Waals surface area contributed by atoms with E-state index in [4.69, 9.17) is 11.6 Å². The van der Waals surface area contributed by atoms with E-state index >= 15 is 0 Å². The molecule has 1 aliphatic carbocycles.